The Morgan fingerprint density at radius 1 is 1.04 bits per heavy atom. The summed E-state index contributed by atoms with van der Waals surface area (Å²) in [6.07, 6.45) is 0. The minimum atomic E-state index is -0.351. The van der Waals surface area contributed by atoms with Crippen LogP contribution in [0.15, 0.2) is 65.5 Å². The van der Waals surface area contributed by atoms with Gasteiger partial charge in [-0.1, -0.05) is 48.5 Å². The number of benzene rings is 2. The maximum absolute atomic E-state index is 12.7. The van der Waals surface area contributed by atoms with Gasteiger partial charge in [-0.25, -0.2) is 0 Å². The Labute approximate surface area is 144 Å². The minimum Gasteiger partial charge on any atom is -0.285 e. The van der Waals surface area contributed by atoms with Gasteiger partial charge in [-0.05, 0) is 31.3 Å². The van der Waals surface area contributed by atoms with E-state index in [-0.39, 0.29) is 11.1 Å². The smallest absolute Gasteiger partial charge is 0.272 e. The zero-order valence-corrected chi connectivity index (χ0v) is 14.0. The Kier molecular flexibility index (Phi) is 4.41. The molecule has 0 fully saturated rings. The maximum Gasteiger partial charge on any atom is 0.272 e. The van der Waals surface area contributed by atoms with Gasteiger partial charge in [-0.15, -0.1) is 0 Å². The quantitative estimate of drug-likeness (QED) is 0.683. The molecule has 3 rings (SSSR count). The van der Waals surface area contributed by atoms with E-state index < -0.39 is 0 Å². The lowest BCUT2D eigenvalue weighted by atomic mass is 10.1. The molecule has 1 aromatic heterocycles. The Hall–Kier alpha value is -2.97. The lowest BCUT2D eigenvalue weighted by molar-refractivity contribution is 0.670. The Balaban J connectivity index is 2.54. The highest BCUT2D eigenvalue weighted by atomic mass is 32.1. The highest BCUT2D eigenvalue weighted by molar-refractivity contribution is 7.71. The Bertz CT molecular complexity index is 1030. The van der Waals surface area contributed by atoms with Crippen LogP contribution in [-0.4, -0.2) is 9.13 Å². The summed E-state index contributed by atoms with van der Waals surface area (Å²) in [6, 6.07) is 21.0. The molecule has 0 spiro atoms. The van der Waals surface area contributed by atoms with E-state index in [0.717, 1.165) is 11.3 Å². The molecule has 2 aromatic carbocycles. The second-order valence-corrected chi connectivity index (χ2v) is 5.57. The zero-order valence-electron chi connectivity index (χ0n) is 13.1. The van der Waals surface area contributed by atoms with Crippen molar-refractivity contribution in [1.29, 1.82) is 5.26 Å². The van der Waals surface area contributed by atoms with Gasteiger partial charge in [0.25, 0.3) is 5.56 Å². The molecule has 0 N–H and O–H groups in total. The third-order valence-electron chi connectivity index (χ3n) is 3.83. The van der Waals surface area contributed by atoms with E-state index in [4.69, 9.17) is 12.2 Å². The van der Waals surface area contributed by atoms with Gasteiger partial charge in [0, 0.05) is 17.8 Å². The van der Waals surface area contributed by atoms with Crippen LogP contribution in [0.25, 0.3) is 16.9 Å². The Morgan fingerprint density at radius 3 is 2.17 bits per heavy atom. The number of hydrogen-bond acceptors (Lipinski definition) is 3. The van der Waals surface area contributed by atoms with Crippen LogP contribution in [0.3, 0.4) is 0 Å². The van der Waals surface area contributed by atoms with Gasteiger partial charge >= 0.3 is 0 Å². The van der Waals surface area contributed by atoms with Crippen molar-refractivity contribution in [3.8, 4) is 23.0 Å². The summed E-state index contributed by atoms with van der Waals surface area (Å²) in [5.74, 6) is 0. The van der Waals surface area contributed by atoms with Crippen LogP contribution in [0.4, 0.5) is 0 Å². The van der Waals surface area contributed by atoms with Crippen molar-refractivity contribution < 1.29 is 0 Å². The summed E-state index contributed by atoms with van der Waals surface area (Å²) in [4.78, 5) is 12.7. The fourth-order valence-electron chi connectivity index (χ4n) is 2.72. The van der Waals surface area contributed by atoms with E-state index in [1.807, 2.05) is 67.6 Å². The molecule has 5 heteroatoms. The van der Waals surface area contributed by atoms with Crippen LogP contribution in [0.5, 0.6) is 0 Å². The molecule has 24 heavy (non-hydrogen) atoms. The Morgan fingerprint density at radius 2 is 1.62 bits per heavy atom. The molecule has 0 aliphatic heterocycles. The van der Waals surface area contributed by atoms with E-state index in [1.165, 1.54) is 4.57 Å². The summed E-state index contributed by atoms with van der Waals surface area (Å²) < 4.78 is 3.63. The highest BCUT2D eigenvalue weighted by Gasteiger charge is 2.19. The molecule has 0 radical (unpaired) electrons. The van der Waals surface area contributed by atoms with Crippen LogP contribution in [0.2, 0.25) is 0 Å². The van der Waals surface area contributed by atoms with E-state index in [9.17, 15) is 10.1 Å². The molecule has 118 valence electrons. The fourth-order valence-corrected chi connectivity index (χ4v) is 3.13. The highest BCUT2D eigenvalue weighted by Crippen LogP contribution is 2.25. The summed E-state index contributed by atoms with van der Waals surface area (Å²) >= 11 is 5.57. The molecule has 0 amide bonds. The number of para-hydroxylation sites is 1. The van der Waals surface area contributed by atoms with Crippen molar-refractivity contribution >= 4 is 12.2 Å². The second kappa shape index (κ2) is 6.65. The average molecular weight is 333 g/mol. The molecule has 0 bridgehead atoms. The van der Waals surface area contributed by atoms with Gasteiger partial charge in [0.2, 0.25) is 0 Å². The molecule has 0 unspecified atom stereocenters. The van der Waals surface area contributed by atoms with Gasteiger partial charge < -0.3 is 0 Å². The average Bonchev–Trinajstić information content (AvgIpc) is 2.63. The third kappa shape index (κ3) is 2.57. The van der Waals surface area contributed by atoms with E-state index in [0.29, 0.717) is 17.0 Å². The molecule has 4 nitrogen and oxygen atoms in total. The first kappa shape index (κ1) is 15.9. The second-order valence-electron chi connectivity index (χ2n) is 5.20. The predicted octanol–water partition coefficient (Wildman–Crippen LogP) is 3.93. The molecule has 0 saturated carbocycles. The topological polar surface area (TPSA) is 50.7 Å². The first-order chi connectivity index (χ1) is 11.7. The molecule has 0 aliphatic rings. The molecule has 0 aliphatic carbocycles. The van der Waals surface area contributed by atoms with Gasteiger partial charge in [0.15, 0.2) is 4.77 Å². The summed E-state index contributed by atoms with van der Waals surface area (Å²) in [5.41, 5.74) is 1.88. The standard InChI is InChI=1S/C19H15N3OS/c1-2-21-18(23)16(13-20)17(14-9-5-3-6-10-14)22(19(21)24)15-11-7-4-8-12-15/h3-12H,2H2,1H3. The monoisotopic (exact) mass is 333 g/mol. The molecule has 3 aromatic rings. The molecule has 1 heterocycles. The van der Waals surface area contributed by atoms with Crippen LogP contribution in [0.1, 0.15) is 12.5 Å². The van der Waals surface area contributed by atoms with Crippen molar-refractivity contribution in [2.75, 3.05) is 0 Å². The lowest BCUT2D eigenvalue weighted by Crippen LogP contribution is -2.28. The van der Waals surface area contributed by atoms with Crippen molar-refractivity contribution in [2.45, 2.75) is 13.5 Å². The fraction of sp³-hybridized carbons (Fsp3) is 0.105. The zero-order chi connectivity index (χ0) is 17.1. The van der Waals surface area contributed by atoms with Crippen molar-refractivity contribution in [2.24, 2.45) is 0 Å². The maximum atomic E-state index is 12.7. The van der Waals surface area contributed by atoms with Gasteiger partial charge in [0.1, 0.15) is 11.6 Å². The van der Waals surface area contributed by atoms with Crippen LogP contribution in [0, 0.1) is 16.1 Å². The van der Waals surface area contributed by atoms with Crippen LogP contribution in [-0.2, 0) is 6.54 Å². The number of hydrogen-bond donors (Lipinski definition) is 0. The lowest BCUT2D eigenvalue weighted by Gasteiger charge is -2.18. The SMILES string of the molecule is CCn1c(=O)c(C#N)c(-c2ccccc2)n(-c2ccccc2)c1=S. The van der Waals surface area contributed by atoms with Gasteiger partial charge in [0.05, 0.1) is 5.69 Å². The first-order valence-corrected chi connectivity index (χ1v) is 8.00. The predicted molar refractivity (Wildman–Crippen MR) is 96.7 cm³/mol. The third-order valence-corrected chi connectivity index (χ3v) is 4.23. The number of rotatable bonds is 3. The number of nitriles is 1. The van der Waals surface area contributed by atoms with Crippen molar-refractivity contribution in [3.05, 3.63) is 81.4 Å². The summed E-state index contributed by atoms with van der Waals surface area (Å²) in [5, 5.41) is 9.63. The van der Waals surface area contributed by atoms with Gasteiger partial charge in [-0.3, -0.25) is 13.9 Å². The van der Waals surface area contributed by atoms with Crippen molar-refractivity contribution in [3.63, 3.8) is 0 Å². The minimum absolute atomic E-state index is 0.0977. The first-order valence-electron chi connectivity index (χ1n) is 7.59. The summed E-state index contributed by atoms with van der Waals surface area (Å²) in [6.45, 7) is 2.25. The van der Waals surface area contributed by atoms with E-state index >= 15 is 0 Å². The molecular formula is C19H15N3OS. The largest absolute Gasteiger partial charge is 0.285 e. The number of nitrogens with zero attached hydrogens (tertiary/aromatic N) is 3. The van der Waals surface area contributed by atoms with Crippen LogP contribution >= 0.6 is 12.2 Å². The molecular weight excluding hydrogens is 318 g/mol. The van der Waals surface area contributed by atoms with Crippen molar-refractivity contribution in [1.82, 2.24) is 9.13 Å². The van der Waals surface area contributed by atoms with Gasteiger partial charge in [-0.2, -0.15) is 5.26 Å². The molecule has 0 saturated heterocycles. The summed E-state index contributed by atoms with van der Waals surface area (Å²) in [7, 11) is 0. The van der Waals surface area contributed by atoms with Crippen LogP contribution < -0.4 is 5.56 Å². The normalized spacial score (nSPS) is 10.3. The molecule has 0 atom stereocenters. The van der Waals surface area contributed by atoms with E-state index in [2.05, 4.69) is 6.07 Å². The number of aromatic nitrogens is 2. The van der Waals surface area contributed by atoms with E-state index in [1.54, 1.807) is 4.57 Å².